The fourth-order valence-electron chi connectivity index (χ4n) is 1.23. The van der Waals surface area contributed by atoms with E-state index in [-0.39, 0.29) is 4.21 Å². The third-order valence-corrected chi connectivity index (χ3v) is 5.51. The highest BCUT2D eigenvalue weighted by Gasteiger charge is 2.15. The van der Waals surface area contributed by atoms with Gasteiger partial charge in [-0.2, -0.15) is 0 Å². The molecular formula is C10H9BrN2O2S2. The molecule has 0 saturated heterocycles. The van der Waals surface area contributed by atoms with Gasteiger partial charge < -0.3 is 5.73 Å². The van der Waals surface area contributed by atoms with Gasteiger partial charge in [0.1, 0.15) is 4.21 Å². The van der Waals surface area contributed by atoms with Crippen molar-refractivity contribution in [1.29, 1.82) is 0 Å². The van der Waals surface area contributed by atoms with Crippen LogP contribution in [0.2, 0.25) is 0 Å². The largest absolute Gasteiger partial charge is 0.398 e. The molecule has 1 aromatic heterocycles. The van der Waals surface area contributed by atoms with E-state index in [2.05, 4.69) is 20.7 Å². The first-order chi connectivity index (χ1) is 7.99. The normalized spacial score (nSPS) is 11.4. The average molecular weight is 333 g/mol. The molecule has 2 rings (SSSR count). The van der Waals surface area contributed by atoms with Crippen molar-refractivity contribution in [3.05, 3.63) is 40.2 Å². The van der Waals surface area contributed by atoms with Gasteiger partial charge in [0, 0.05) is 10.2 Å². The van der Waals surface area contributed by atoms with Crippen LogP contribution in [0.15, 0.2) is 44.4 Å². The Bertz CT molecular complexity index is 624. The first-order valence-electron chi connectivity index (χ1n) is 4.60. The van der Waals surface area contributed by atoms with Gasteiger partial charge in [-0.1, -0.05) is 6.07 Å². The van der Waals surface area contributed by atoms with Gasteiger partial charge in [-0.15, -0.1) is 11.3 Å². The van der Waals surface area contributed by atoms with Gasteiger partial charge in [0.25, 0.3) is 10.0 Å². The van der Waals surface area contributed by atoms with Crippen LogP contribution in [-0.4, -0.2) is 8.42 Å². The van der Waals surface area contributed by atoms with Crippen molar-refractivity contribution in [2.75, 3.05) is 10.5 Å². The Hall–Kier alpha value is -1.05. The van der Waals surface area contributed by atoms with E-state index in [1.165, 1.54) is 11.3 Å². The molecule has 3 N–H and O–H groups in total. The molecule has 17 heavy (non-hydrogen) atoms. The highest BCUT2D eigenvalue weighted by atomic mass is 79.9. The minimum Gasteiger partial charge on any atom is -0.398 e. The summed E-state index contributed by atoms with van der Waals surface area (Å²) in [6.45, 7) is 0. The predicted molar refractivity (Wildman–Crippen MR) is 73.7 cm³/mol. The molecule has 7 heteroatoms. The first kappa shape index (κ1) is 12.4. The highest BCUT2D eigenvalue weighted by molar-refractivity contribution is 9.10. The van der Waals surface area contributed by atoms with Crippen LogP contribution in [0.4, 0.5) is 11.4 Å². The standard InChI is InChI=1S/C10H9BrN2O2S2/c11-8-4-3-7(6-9(8)12)13-17(14,15)10-2-1-5-16-10/h1-6,13H,12H2. The SMILES string of the molecule is Nc1cc(NS(=O)(=O)c2cccs2)ccc1Br. The molecule has 0 unspecified atom stereocenters. The van der Waals surface area contributed by atoms with E-state index >= 15 is 0 Å². The van der Waals surface area contributed by atoms with Gasteiger partial charge in [-0.3, -0.25) is 4.72 Å². The lowest BCUT2D eigenvalue weighted by Crippen LogP contribution is -2.11. The van der Waals surface area contributed by atoms with Crippen molar-refractivity contribution >= 4 is 48.7 Å². The monoisotopic (exact) mass is 332 g/mol. The van der Waals surface area contributed by atoms with Crippen molar-refractivity contribution in [2.45, 2.75) is 4.21 Å². The summed E-state index contributed by atoms with van der Waals surface area (Å²) in [5, 5.41) is 1.71. The summed E-state index contributed by atoms with van der Waals surface area (Å²) in [7, 11) is -3.50. The lowest BCUT2D eigenvalue weighted by Gasteiger charge is -2.07. The summed E-state index contributed by atoms with van der Waals surface area (Å²) in [4.78, 5) is 0. The molecule has 4 nitrogen and oxygen atoms in total. The van der Waals surface area contributed by atoms with Gasteiger partial charge in [-0.05, 0) is 45.6 Å². The summed E-state index contributed by atoms with van der Waals surface area (Å²) in [5.41, 5.74) is 6.61. The fraction of sp³-hybridized carbons (Fsp3) is 0. The number of nitrogens with two attached hydrogens (primary N) is 1. The van der Waals surface area contributed by atoms with Crippen molar-refractivity contribution in [1.82, 2.24) is 0 Å². The van der Waals surface area contributed by atoms with Gasteiger partial charge in [0.2, 0.25) is 0 Å². The Kier molecular flexibility index (Phi) is 3.41. The summed E-state index contributed by atoms with van der Waals surface area (Å²) < 4.78 is 27.3. The molecule has 0 aliphatic carbocycles. The minimum absolute atomic E-state index is 0.277. The first-order valence-corrected chi connectivity index (χ1v) is 7.76. The van der Waals surface area contributed by atoms with Gasteiger partial charge >= 0.3 is 0 Å². The lowest BCUT2D eigenvalue weighted by atomic mass is 10.3. The Morgan fingerprint density at radius 3 is 2.65 bits per heavy atom. The molecule has 2 aromatic rings. The van der Waals surface area contributed by atoms with E-state index in [4.69, 9.17) is 5.73 Å². The number of halogens is 1. The molecule has 0 fully saturated rings. The zero-order valence-electron chi connectivity index (χ0n) is 8.55. The van der Waals surface area contributed by atoms with Crippen molar-refractivity contribution in [3.8, 4) is 0 Å². The number of benzene rings is 1. The average Bonchev–Trinajstić information content (AvgIpc) is 2.77. The quantitative estimate of drug-likeness (QED) is 0.849. The number of anilines is 2. The number of hydrogen-bond donors (Lipinski definition) is 2. The van der Waals surface area contributed by atoms with E-state index in [0.29, 0.717) is 11.4 Å². The van der Waals surface area contributed by atoms with Crippen LogP contribution in [0.25, 0.3) is 0 Å². The molecule has 0 amide bonds. The third-order valence-electron chi connectivity index (χ3n) is 2.01. The Balaban J connectivity index is 2.30. The molecule has 1 heterocycles. The van der Waals surface area contributed by atoms with E-state index in [0.717, 1.165) is 4.47 Å². The fourth-order valence-corrected chi connectivity index (χ4v) is 3.52. The molecule has 0 aliphatic heterocycles. The highest BCUT2D eigenvalue weighted by Crippen LogP contribution is 2.25. The van der Waals surface area contributed by atoms with Crippen LogP contribution < -0.4 is 10.5 Å². The number of thiophene rings is 1. The van der Waals surface area contributed by atoms with Crippen LogP contribution in [0.5, 0.6) is 0 Å². The Labute approximate surface area is 112 Å². The minimum atomic E-state index is -3.50. The van der Waals surface area contributed by atoms with E-state index in [9.17, 15) is 8.42 Å². The third kappa shape index (κ3) is 2.80. The van der Waals surface area contributed by atoms with E-state index in [1.807, 2.05) is 0 Å². The molecule has 1 aromatic carbocycles. The predicted octanol–water partition coefficient (Wildman–Crippen LogP) is 2.89. The smallest absolute Gasteiger partial charge is 0.271 e. The Morgan fingerprint density at radius 2 is 2.06 bits per heavy atom. The van der Waals surface area contributed by atoms with E-state index < -0.39 is 10.0 Å². The maximum absolute atomic E-state index is 11.9. The van der Waals surface area contributed by atoms with Crippen molar-refractivity contribution < 1.29 is 8.42 Å². The van der Waals surface area contributed by atoms with Crippen LogP contribution in [0.3, 0.4) is 0 Å². The Morgan fingerprint density at radius 1 is 1.29 bits per heavy atom. The second-order valence-corrected chi connectivity index (χ2v) is 6.99. The molecule has 0 radical (unpaired) electrons. The summed E-state index contributed by atoms with van der Waals surface area (Å²) in [6, 6.07) is 8.15. The zero-order chi connectivity index (χ0) is 12.5. The topological polar surface area (TPSA) is 72.2 Å². The maximum atomic E-state index is 11.9. The molecule has 0 aliphatic rings. The molecule has 0 atom stereocenters. The molecule has 0 spiro atoms. The molecule has 0 bridgehead atoms. The molecule has 90 valence electrons. The second-order valence-electron chi connectivity index (χ2n) is 3.27. The second kappa shape index (κ2) is 4.67. The molecular weight excluding hydrogens is 324 g/mol. The maximum Gasteiger partial charge on any atom is 0.271 e. The van der Waals surface area contributed by atoms with Crippen LogP contribution in [0.1, 0.15) is 0 Å². The number of nitrogens with one attached hydrogen (secondary N) is 1. The van der Waals surface area contributed by atoms with E-state index in [1.54, 1.807) is 35.7 Å². The van der Waals surface area contributed by atoms with Crippen LogP contribution >= 0.6 is 27.3 Å². The van der Waals surface area contributed by atoms with Gasteiger partial charge in [0.05, 0.1) is 5.69 Å². The van der Waals surface area contributed by atoms with Crippen molar-refractivity contribution in [3.63, 3.8) is 0 Å². The number of hydrogen-bond acceptors (Lipinski definition) is 4. The number of sulfonamides is 1. The van der Waals surface area contributed by atoms with Crippen molar-refractivity contribution in [2.24, 2.45) is 0 Å². The summed E-state index contributed by atoms with van der Waals surface area (Å²) in [6.07, 6.45) is 0. The number of nitrogen functional groups attached to an aromatic ring is 1. The number of rotatable bonds is 3. The lowest BCUT2D eigenvalue weighted by molar-refractivity contribution is 0.603. The zero-order valence-corrected chi connectivity index (χ0v) is 11.8. The van der Waals surface area contributed by atoms with Gasteiger partial charge in [-0.25, -0.2) is 8.42 Å². The van der Waals surface area contributed by atoms with Crippen LogP contribution in [-0.2, 0) is 10.0 Å². The summed E-state index contributed by atoms with van der Waals surface area (Å²) in [5.74, 6) is 0. The molecule has 0 saturated carbocycles. The summed E-state index contributed by atoms with van der Waals surface area (Å²) >= 11 is 4.41. The van der Waals surface area contributed by atoms with Crippen LogP contribution in [0, 0.1) is 0 Å². The van der Waals surface area contributed by atoms with Gasteiger partial charge in [0.15, 0.2) is 0 Å².